The summed E-state index contributed by atoms with van der Waals surface area (Å²) in [7, 11) is 0. The molecule has 2 rings (SSSR count). The van der Waals surface area contributed by atoms with Gasteiger partial charge in [-0.25, -0.2) is 4.98 Å². The van der Waals surface area contributed by atoms with Crippen LogP contribution in [0.2, 0.25) is 4.47 Å². The van der Waals surface area contributed by atoms with Gasteiger partial charge >= 0.3 is 0 Å². The fourth-order valence-corrected chi connectivity index (χ4v) is 2.46. The molecule has 0 unspecified atom stereocenters. The number of rotatable bonds is 1. The van der Waals surface area contributed by atoms with Crippen molar-refractivity contribution in [1.82, 2.24) is 4.98 Å². The normalized spacial score (nSPS) is 9.93. The van der Waals surface area contributed by atoms with Crippen LogP contribution in [-0.2, 0) is 0 Å². The van der Waals surface area contributed by atoms with Crippen molar-refractivity contribution >= 4 is 45.5 Å². The van der Waals surface area contributed by atoms with Gasteiger partial charge in [-0.05, 0) is 34.7 Å². The number of nitriles is 1. The minimum absolute atomic E-state index is 0.403. The molecule has 0 N–H and O–H groups in total. The van der Waals surface area contributed by atoms with Crippen LogP contribution in [0.3, 0.4) is 0 Å². The van der Waals surface area contributed by atoms with E-state index in [4.69, 9.17) is 16.9 Å². The van der Waals surface area contributed by atoms with E-state index >= 15 is 0 Å². The standard InChI is InChI=1S/C10H4ClIN2S/c11-10-14-9(8(5-13)15-10)6-1-3-7(12)4-2-6/h1-4H. The number of aromatic nitrogens is 1. The Labute approximate surface area is 110 Å². The van der Waals surface area contributed by atoms with Crippen LogP contribution in [0, 0.1) is 14.9 Å². The van der Waals surface area contributed by atoms with E-state index in [-0.39, 0.29) is 0 Å². The Kier molecular flexibility index (Phi) is 3.24. The highest BCUT2D eigenvalue weighted by Gasteiger charge is 2.11. The van der Waals surface area contributed by atoms with Crippen LogP contribution in [0.15, 0.2) is 24.3 Å². The van der Waals surface area contributed by atoms with Crippen LogP contribution in [0.25, 0.3) is 11.3 Å². The number of hydrogen-bond donors (Lipinski definition) is 0. The lowest BCUT2D eigenvalue weighted by molar-refractivity contribution is 1.39. The summed E-state index contributed by atoms with van der Waals surface area (Å²) in [5.74, 6) is 0. The average Bonchev–Trinajstić information content (AvgIpc) is 2.61. The van der Waals surface area contributed by atoms with Crippen LogP contribution in [-0.4, -0.2) is 4.98 Å². The van der Waals surface area contributed by atoms with Gasteiger partial charge in [-0.15, -0.1) is 0 Å². The van der Waals surface area contributed by atoms with Gasteiger partial charge in [0.05, 0.1) is 0 Å². The van der Waals surface area contributed by atoms with Gasteiger partial charge in [-0.2, -0.15) is 5.26 Å². The first-order valence-electron chi connectivity index (χ1n) is 4.03. The first-order valence-corrected chi connectivity index (χ1v) is 6.30. The molecule has 1 aromatic carbocycles. The van der Waals surface area contributed by atoms with E-state index in [0.717, 1.165) is 9.13 Å². The second kappa shape index (κ2) is 4.47. The van der Waals surface area contributed by atoms with Crippen LogP contribution < -0.4 is 0 Å². The lowest BCUT2D eigenvalue weighted by Gasteiger charge is -1.96. The second-order valence-corrected chi connectivity index (χ2v) is 5.59. The Morgan fingerprint density at radius 3 is 2.60 bits per heavy atom. The first kappa shape index (κ1) is 10.9. The molecule has 0 radical (unpaired) electrons. The quantitative estimate of drug-likeness (QED) is 0.733. The molecule has 2 nitrogen and oxygen atoms in total. The summed E-state index contributed by atoms with van der Waals surface area (Å²) in [6, 6.07) is 9.93. The van der Waals surface area contributed by atoms with Crippen LogP contribution in [0.1, 0.15) is 4.88 Å². The topological polar surface area (TPSA) is 36.7 Å². The maximum absolute atomic E-state index is 8.91. The monoisotopic (exact) mass is 346 g/mol. The number of halogens is 2. The molecule has 0 atom stereocenters. The van der Waals surface area contributed by atoms with E-state index in [1.54, 1.807) is 0 Å². The molecule has 0 aliphatic heterocycles. The summed E-state index contributed by atoms with van der Waals surface area (Å²) in [5, 5.41) is 8.91. The summed E-state index contributed by atoms with van der Waals surface area (Å²) < 4.78 is 1.55. The number of hydrogen-bond acceptors (Lipinski definition) is 3. The van der Waals surface area contributed by atoms with Gasteiger partial charge in [0, 0.05) is 9.13 Å². The van der Waals surface area contributed by atoms with Gasteiger partial charge in [-0.3, -0.25) is 0 Å². The Morgan fingerprint density at radius 2 is 2.00 bits per heavy atom. The molecule has 0 saturated carbocycles. The van der Waals surface area contributed by atoms with Gasteiger partial charge in [0.25, 0.3) is 0 Å². The fourth-order valence-electron chi connectivity index (χ4n) is 1.17. The zero-order chi connectivity index (χ0) is 10.8. The third-order valence-electron chi connectivity index (χ3n) is 1.82. The lowest BCUT2D eigenvalue weighted by atomic mass is 10.1. The smallest absolute Gasteiger partial charge is 0.185 e. The van der Waals surface area contributed by atoms with Crippen molar-refractivity contribution in [2.45, 2.75) is 0 Å². The Bertz CT molecular complexity index is 527. The predicted octanol–water partition coefficient (Wildman–Crippen LogP) is 3.94. The van der Waals surface area contributed by atoms with Gasteiger partial charge in [0.2, 0.25) is 0 Å². The number of nitrogens with zero attached hydrogens (tertiary/aromatic N) is 2. The van der Waals surface area contributed by atoms with Crippen molar-refractivity contribution < 1.29 is 0 Å². The van der Waals surface area contributed by atoms with E-state index in [2.05, 4.69) is 33.6 Å². The van der Waals surface area contributed by atoms with Gasteiger partial charge in [-0.1, -0.05) is 35.1 Å². The molecule has 0 saturated heterocycles. The van der Waals surface area contributed by atoms with Crippen molar-refractivity contribution in [3.8, 4) is 17.3 Å². The van der Waals surface area contributed by atoms with E-state index < -0.39 is 0 Å². The molecule has 2 aromatic rings. The number of thiazole rings is 1. The summed E-state index contributed by atoms with van der Waals surface area (Å²) in [6.45, 7) is 0. The zero-order valence-electron chi connectivity index (χ0n) is 7.37. The van der Waals surface area contributed by atoms with Crippen LogP contribution in [0.4, 0.5) is 0 Å². The van der Waals surface area contributed by atoms with Crippen LogP contribution in [0.5, 0.6) is 0 Å². The van der Waals surface area contributed by atoms with E-state index in [9.17, 15) is 0 Å². The summed E-state index contributed by atoms with van der Waals surface area (Å²) in [4.78, 5) is 4.70. The second-order valence-electron chi connectivity index (χ2n) is 2.76. The van der Waals surface area contributed by atoms with Crippen molar-refractivity contribution in [2.75, 3.05) is 0 Å². The third kappa shape index (κ3) is 2.30. The largest absolute Gasteiger partial charge is 0.223 e. The molecule has 74 valence electrons. The average molecular weight is 347 g/mol. The van der Waals surface area contributed by atoms with E-state index in [1.165, 1.54) is 11.3 Å². The SMILES string of the molecule is N#Cc1sc(Cl)nc1-c1ccc(I)cc1. The molecular formula is C10H4ClIN2S. The van der Waals surface area contributed by atoms with Crippen molar-refractivity contribution in [3.63, 3.8) is 0 Å². The molecule has 5 heteroatoms. The van der Waals surface area contributed by atoms with Crippen LogP contribution >= 0.6 is 45.5 Å². The molecule has 0 amide bonds. The highest BCUT2D eigenvalue weighted by molar-refractivity contribution is 14.1. The molecule has 1 heterocycles. The molecule has 0 aliphatic rings. The molecule has 0 spiro atoms. The highest BCUT2D eigenvalue weighted by Crippen LogP contribution is 2.30. The number of benzene rings is 1. The van der Waals surface area contributed by atoms with Gasteiger partial charge < -0.3 is 0 Å². The maximum Gasteiger partial charge on any atom is 0.185 e. The minimum Gasteiger partial charge on any atom is -0.223 e. The molecular weight excluding hydrogens is 343 g/mol. The van der Waals surface area contributed by atoms with Crippen molar-refractivity contribution in [3.05, 3.63) is 37.2 Å². The molecule has 0 aliphatic carbocycles. The van der Waals surface area contributed by atoms with Gasteiger partial charge in [0.1, 0.15) is 16.6 Å². The maximum atomic E-state index is 8.91. The van der Waals surface area contributed by atoms with E-state index in [0.29, 0.717) is 15.0 Å². The summed E-state index contributed by atoms with van der Waals surface area (Å²) in [6.07, 6.45) is 0. The summed E-state index contributed by atoms with van der Waals surface area (Å²) in [5.41, 5.74) is 1.60. The first-order chi connectivity index (χ1) is 7.20. The predicted molar refractivity (Wildman–Crippen MR) is 70.0 cm³/mol. The molecule has 0 fully saturated rings. The Balaban J connectivity index is 2.54. The third-order valence-corrected chi connectivity index (χ3v) is 3.60. The lowest BCUT2D eigenvalue weighted by Crippen LogP contribution is -1.81. The molecule has 1 aromatic heterocycles. The molecule has 0 bridgehead atoms. The zero-order valence-corrected chi connectivity index (χ0v) is 11.1. The highest BCUT2D eigenvalue weighted by atomic mass is 127. The van der Waals surface area contributed by atoms with E-state index in [1.807, 2.05) is 24.3 Å². The van der Waals surface area contributed by atoms with Gasteiger partial charge in [0.15, 0.2) is 4.47 Å². The summed E-state index contributed by atoms with van der Waals surface area (Å²) >= 11 is 9.22. The minimum atomic E-state index is 0.403. The Hall–Kier alpha value is -0.640. The van der Waals surface area contributed by atoms with Crippen molar-refractivity contribution in [1.29, 1.82) is 5.26 Å². The Morgan fingerprint density at radius 1 is 1.33 bits per heavy atom. The fraction of sp³-hybridized carbons (Fsp3) is 0. The molecule has 15 heavy (non-hydrogen) atoms. The van der Waals surface area contributed by atoms with Crippen molar-refractivity contribution in [2.24, 2.45) is 0 Å².